The molecule has 2 rings (SSSR count). The largest absolute Gasteiger partial charge is 0.396 e. The van der Waals surface area contributed by atoms with E-state index in [9.17, 15) is 14.3 Å². The van der Waals surface area contributed by atoms with Gasteiger partial charge in [-0.15, -0.1) is 0 Å². The van der Waals surface area contributed by atoms with Crippen LogP contribution < -0.4 is 5.73 Å². The van der Waals surface area contributed by atoms with Crippen LogP contribution in [0.2, 0.25) is 0 Å². The predicted octanol–water partition coefficient (Wildman–Crippen LogP) is 1.79. The summed E-state index contributed by atoms with van der Waals surface area (Å²) in [6, 6.07) is 4.25. The Labute approximate surface area is 112 Å². The Morgan fingerprint density at radius 3 is 2.89 bits per heavy atom. The first-order chi connectivity index (χ1) is 8.91. The Bertz CT molecular complexity index is 488. The lowest BCUT2D eigenvalue weighted by Gasteiger charge is -2.23. The molecule has 1 saturated heterocycles. The highest BCUT2D eigenvalue weighted by molar-refractivity contribution is 5.99. The summed E-state index contributed by atoms with van der Waals surface area (Å²) in [7, 11) is 0. The van der Waals surface area contributed by atoms with Crippen molar-refractivity contribution in [3.05, 3.63) is 29.6 Å². The van der Waals surface area contributed by atoms with Gasteiger partial charge in [0.15, 0.2) is 0 Å². The molecule has 1 atom stereocenters. The van der Waals surface area contributed by atoms with Crippen molar-refractivity contribution in [2.45, 2.75) is 31.8 Å². The molecule has 1 aliphatic heterocycles. The minimum absolute atomic E-state index is 0.108. The maximum atomic E-state index is 13.4. The summed E-state index contributed by atoms with van der Waals surface area (Å²) in [6.45, 7) is 2.80. The van der Waals surface area contributed by atoms with Gasteiger partial charge in [-0.1, -0.05) is 6.07 Å². The number of hydrogen-bond donors (Lipinski definition) is 2. The Hall–Kier alpha value is -1.62. The number of rotatable bonds is 1. The van der Waals surface area contributed by atoms with Crippen molar-refractivity contribution in [1.82, 2.24) is 4.90 Å². The molecule has 5 heteroatoms. The molecule has 0 aliphatic carbocycles. The summed E-state index contributed by atoms with van der Waals surface area (Å²) in [5, 5.41) is 10.0. The van der Waals surface area contributed by atoms with Gasteiger partial charge in [-0.2, -0.15) is 0 Å². The third-order valence-electron chi connectivity index (χ3n) is 3.63. The monoisotopic (exact) mass is 266 g/mol. The van der Waals surface area contributed by atoms with Crippen LogP contribution in [0.15, 0.2) is 18.2 Å². The van der Waals surface area contributed by atoms with Crippen LogP contribution in [-0.2, 0) is 0 Å². The first-order valence-electron chi connectivity index (χ1n) is 6.46. The van der Waals surface area contributed by atoms with Crippen LogP contribution in [0.3, 0.4) is 0 Å². The zero-order chi connectivity index (χ0) is 14.0. The van der Waals surface area contributed by atoms with E-state index in [1.165, 1.54) is 18.2 Å². The molecule has 0 radical (unpaired) electrons. The summed E-state index contributed by atoms with van der Waals surface area (Å²) in [4.78, 5) is 14.0. The molecule has 19 heavy (non-hydrogen) atoms. The van der Waals surface area contributed by atoms with Gasteiger partial charge in [-0.3, -0.25) is 4.79 Å². The van der Waals surface area contributed by atoms with E-state index in [0.29, 0.717) is 25.9 Å². The smallest absolute Gasteiger partial charge is 0.256 e. The number of hydrogen-bond acceptors (Lipinski definition) is 3. The van der Waals surface area contributed by atoms with Gasteiger partial charge in [-0.05, 0) is 38.3 Å². The molecule has 1 fully saturated rings. The first kappa shape index (κ1) is 13.8. The molecule has 4 nitrogen and oxygen atoms in total. The number of anilines is 1. The summed E-state index contributed by atoms with van der Waals surface area (Å²) in [5.41, 5.74) is 4.97. The minimum atomic E-state index is -0.734. The van der Waals surface area contributed by atoms with Gasteiger partial charge in [-0.25, -0.2) is 4.39 Å². The van der Waals surface area contributed by atoms with Gasteiger partial charge in [0.1, 0.15) is 5.82 Å². The number of nitrogen functional groups attached to an aromatic ring is 1. The molecule has 0 spiro atoms. The van der Waals surface area contributed by atoms with E-state index >= 15 is 0 Å². The van der Waals surface area contributed by atoms with E-state index < -0.39 is 11.4 Å². The summed E-state index contributed by atoms with van der Waals surface area (Å²) in [6.07, 6.45) is 1.91. The van der Waals surface area contributed by atoms with Crippen LogP contribution >= 0.6 is 0 Å². The second-order valence-corrected chi connectivity index (χ2v) is 5.34. The zero-order valence-electron chi connectivity index (χ0n) is 11.0. The van der Waals surface area contributed by atoms with E-state index in [-0.39, 0.29) is 17.2 Å². The third kappa shape index (κ3) is 3.04. The standard InChI is InChI=1S/C14H19FN2O2/c1-14(19)6-3-8-17(9-7-14)13(18)10-4-2-5-11(15)12(10)16/h2,4-5,19H,3,6-9,16H2,1H3. The first-order valence-corrected chi connectivity index (χ1v) is 6.46. The minimum Gasteiger partial charge on any atom is -0.396 e. The molecule has 0 bridgehead atoms. The van der Waals surface area contributed by atoms with Gasteiger partial charge in [0.2, 0.25) is 0 Å². The van der Waals surface area contributed by atoms with Crippen molar-refractivity contribution in [3.63, 3.8) is 0 Å². The van der Waals surface area contributed by atoms with Crippen LogP contribution in [0, 0.1) is 5.82 Å². The van der Waals surface area contributed by atoms with Crippen molar-refractivity contribution < 1.29 is 14.3 Å². The molecule has 0 aromatic heterocycles. The molecule has 1 aromatic carbocycles. The van der Waals surface area contributed by atoms with E-state index in [0.717, 1.165) is 6.42 Å². The quantitative estimate of drug-likeness (QED) is 0.761. The fourth-order valence-corrected chi connectivity index (χ4v) is 2.36. The number of nitrogens with two attached hydrogens (primary N) is 1. The number of likely N-dealkylation sites (tertiary alicyclic amines) is 1. The normalized spacial score (nSPS) is 24.1. The van der Waals surface area contributed by atoms with E-state index in [1.54, 1.807) is 11.8 Å². The number of amides is 1. The second kappa shape index (κ2) is 5.17. The Morgan fingerprint density at radius 2 is 2.16 bits per heavy atom. The SMILES string of the molecule is CC1(O)CCCN(C(=O)c2cccc(F)c2N)CC1. The summed E-state index contributed by atoms with van der Waals surface area (Å²) >= 11 is 0. The van der Waals surface area contributed by atoms with E-state index in [1.807, 2.05) is 0 Å². The lowest BCUT2D eigenvalue weighted by molar-refractivity contribution is 0.0438. The topological polar surface area (TPSA) is 66.6 Å². The highest BCUT2D eigenvalue weighted by Gasteiger charge is 2.28. The summed E-state index contributed by atoms with van der Waals surface area (Å²) < 4.78 is 13.4. The number of nitrogens with zero attached hydrogens (tertiary/aromatic N) is 1. The maximum Gasteiger partial charge on any atom is 0.256 e. The third-order valence-corrected chi connectivity index (χ3v) is 3.63. The molecular formula is C14H19FN2O2. The Morgan fingerprint density at radius 1 is 1.42 bits per heavy atom. The Kier molecular flexibility index (Phi) is 3.75. The lowest BCUT2D eigenvalue weighted by atomic mass is 9.98. The highest BCUT2D eigenvalue weighted by atomic mass is 19.1. The van der Waals surface area contributed by atoms with Gasteiger partial charge >= 0.3 is 0 Å². The number of carbonyl (C=O) groups excluding carboxylic acids is 1. The Balaban J connectivity index is 2.18. The van der Waals surface area contributed by atoms with E-state index in [2.05, 4.69) is 0 Å². The maximum absolute atomic E-state index is 13.4. The molecule has 1 aromatic rings. The highest BCUT2D eigenvalue weighted by Crippen LogP contribution is 2.24. The van der Waals surface area contributed by atoms with Gasteiger partial charge in [0.25, 0.3) is 5.91 Å². The predicted molar refractivity (Wildman–Crippen MR) is 71.2 cm³/mol. The average molecular weight is 266 g/mol. The zero-order valence-corrected chi connectivity index (χ0v) is 11.0. The van der Waals surface area contributed by atoms with E-state index in [4.69, 9.17) is 5.73 Å². The van der Waals surface area contributed by atoms with Crippen LogP contribution in [0.4, 0.5) is 10.1 Å². The van der Waals surface area contributed by atoms with Gasteiger partial charge in [0, 0.05) is 13.1 Å². The van der Waals surface area contributed by atoms with Crippen LogP contribution in [0.25, 0.3) is 0 Å². The average Bonchev–Trinajstić information content (AvgIpc) is 2.53. The lowest BCUT2D eigenvalue weighted by Crippen LogP contribution is -2.34. The molecule has 3 N–H and O–H groups in total. The number of carbonyl (C=O) groups is 1. The van der Waals surface area contributed by atoms with Crippen molar-refractivity contribution in [1.29, 1.82) is 0 Å². The molecule has 0 saturated carbocycles. The second-order valence-electron chi connectivity index (χ2n) is 5.34. The van der Waals surface area contributed by atoms with Crippen molar-refractivity contribution >= 4 is 11.6 Å². The molecule has 1 aliphatic rings. The van der Waals surface area contributed by atoms with Crippen molar-refractivity contribution in [2.24, 2.45) is 0 Å². The number of para-hydroxylation sites is 1. The molecule has 1 heterocycles. The van der Waals surface area contributed by atoms with Crippen LogP contribution in [0.1, 0.15) is 36.5 Å². The van der Waals surface area contributed by atoms with Crippen molar-refractivity contribution in [2.75, 3.05) is 18.8 Å². The molecule has 1 amide bonds. The fourth-order valence-electron chi connectivity index (χ4n) is 2.36. The van der Waals surface area contributed by atoms with Gasteiger partial charge < -0.3 is 15.7 Å². The van der Waals surface area contributed by atoms with Crippen molar-refractivity contribution in [3.8, 4) is 0 Å². The van der Waals surface area contributed by atoms with Crippen LogP contribution in [0.5, 0.6) is 0 Å². The van der Waals surface area contributed by atoms with Gasteiger partial charge in [0.05, 0.1) is 16.9 Å². The molecular weight excluding hydrogens is 247 g/mol. The summed E-state index contributed by atoms with van der Waals surface area (Å²) in [5.74, 6) is -0.845. The number of halogens is 1. The fraction of sp³-hybridized carbons (Fsp3) is 0.500. The molecule has 104 valence electrons. The number of aliphatic hydroxyl groups is 1. The molecule has 1 unspecified atom stereocenters. The number of benzene rings is 1. The van der Waals surface area contributed by atoms with Crippen LogP contribution in [-0.4, -0.2) is 34.6 Å².